The predicted molar refractivity (Wildman–Crippen MR) is 50.2 cm³/mol. The van der Waals surface area contributed by atoms with Crippen molar-refractivity contribution in [2.45, 2.75) is 6.61 Å². The molecule has 15 heavy (non-hydrogen) atoms. The number of hydrogen-bond acceptors (Lipinski definition) is 4. The zero-order valence-corrected chi connectivity index (χ0v) is 8.15. The van der Waals surface area contributed by atoms with E-state index in [9.17, 15) is 4.79 Å². The van der Waals surface area contributed by atoms with Crippen LogP contribution in [0.4, 0.5) is 0 Å². The molecule has 1 aliphatic rings. The third kappa shape index (κ3) is 1.73. The first-order valence-corrected chi connectivity index (χ1v) is 4.37. The lowest BCUT2D eigenvalue weighted by Crippen LogP contribution is -2.03. The molecule has 5 heteroatoms. The van der Waals surface area contributed by atoms with Crippen LogP contribution in [0.2, 0.25) is 0 Å². The fourth-order valence-electron chi connectivity index (χ4n) is 1.46. The summed E-state index contributed by atoms with van der Waals surface area (Å²) in [6.07, 6.45) is 0. The van der Waals surface area contributed by atoms with Crippen molar-refractivity contribution < 1.29 is 24.1 Å². The summed E-state index contributed by atoms with van der Waals surface area (Å²) in [5.41, 5.74) is 0.760. The Kier molecular flexibility index (Phi) is 2.47. The maximum Gasteiger partial charge on any atom is 0.336 e. The van der Waals surface area contributed by atoms with E-state index in [-0.39, 0.29) is 19.0 Å². The number of benzene rings is 1. The van der Waals surface area contributed by atoms with Gasteiger partial charge in [0, 0.05) is 7.11 Å². The Morgan fingerprint density at radius 3 is 2.73 bits per heavy atom. The van der Waals surface area contributed by atoms with Crippen molar-refractivity contribution in [2.75, 3.05) is 13.9 Å². The van der Waals surface area contributed by atoms with Crippen molar-refractivity contribution in [3.8, 4) is 11.5 Å². The predicted octanol–water partition coefficient (Wildman–Crippen LogP) is 1.26. The van der Waals surface area contributed by atoms with E-state index in [2.05, 4.69) is 0 Å². The van der Waals surface area contributed by atoms with Gasteiger partial charge in [0.15, 0.2) is 11.5 Å². The van der Waals surface area contributed by atoms with E-state index in [1.807, 2.05) is 0 Å². The summed E-state index contributed by atoms with van der Waals surface area (Å²) in [7, 11) is 1.51. The fourth-order valence-corrected chi connectivity index (χ4v) is 1.46. The molecule has 1 N–H and O–H groups in total. The highest BCUT2D eigenvalue weighted by Gasteiger charge is 2.20. The molecule has 5 nitrogen and oxygen atoms in total. The van der Waals surface area contributed by atoms with E-state index in [0.717, 1.165) is 0 Å². The summed E-state index contributed by atoms with van der Waals surface area (Å²) >= 11 is 0. The van der Waals surface area contributed by atoms with Crippen LogP contribution in [0.5, 0.6) is 11.5 Å². The summed E-state index contributed by atoms with van der Waals surface area (Å²) in [5.74, 6) is 0.0275. The second kappa shape index (κ2) is 3.78. The first kappa shape index (κ1) is 9.79. The van der Waals surface area contributed by atoms with Gasteiger partial charge < -0.3 is 19.3 Å². The molecule has 80 valence electrons. The van der Waals surface area contributed by atoms with Crippen LogP contribution >= 0.6 is 0 Å². The molecule has 0 saturated carbocycles. The molecule has 0 radical (unpaired) electrons. The van der Waals surface area contributed by atoms with Crippen molar-refractivity contribution in [3.05, 3.63) is 23.3 Å². The van der Waals surface area contributed by atoms with Crippen LogP contribution in [0.25, 0.3) is 0 Å². The van der Waals surface area contributed by atoms with Gasteiger partial charge in [-0.15, -0.1) is 0 Å². The van der Waals surface area contributed by atoms with Gasteiger partial charge in [0.25, 0.3) is 0 Å². The lowest BCUT2D eigenvalue weighted by molar-refractivity contribution is 0.0691. The Morgan fingerprint density at radius 1 is 1.47 bits per heavy atom. The molecular weight excluding hydrogens is 200 g/mol. The highest BCUT2D eigenvalue weighted by atomic mass is 16.7. The van der Waals surface area contributed by atoms with Gasteiger partial charge >= 0.3 is 5.97 Å². The van der Waals surface area contributed by atoms with Gasteiger partial charge in [0.1, 0.15) is 0 Å². The number of carboxylic acids is 1. The van der Waals surface area contributed by atoms with Gasteiger partial charge in [-0.3, -0.25) is 0 Å². The number of carboxylic acid groups (broad SMARTS) is 1. The van der Waals surface area contributed by atoms with E-state index >= 15 is 0 Å². The lowest BCUT2D eigenvalue weighted by atomic mass is 10.1. The molecule has 0 atom stereocenters. The van der Waals surface area contributed by atoms with E-state index in [0.29, 0.717) is 17.1 Å². The topological polar surface area (TPSA) is 65.0 Å². The fraction of sp³-hybridized carbons (Fsp3) is 0.300. The molecule has 0 unspecified atom stereocenters. The number of hydrogen-bond donors (Lipinski definition) is 1. The van der Waals surface area contributed by atoms with Crippen molar-refractivity contribution in [1.29, 1.82) is 0 Å². The third-order valence-corrected chi connectivity index (χ3v) is 2.13. The molecule has 0 amide bonds. The molecule has 0 bridgehead atoms. The smallest absolute Gasteiger partial charge is 0.336 e. The van der Waals surface area contributed by atoms with Crippen molar-refractivity contribution in [3.63, 3.8) is 0 Å². The van der Waals surface area contributed by atoms with Crippen molar-refractivity contribution >= 4 is 5.97 Å². The van der Waals surface area contributed by atoms with E-state index in [4.69, 9.17) is 19.3 Å². The van der Waals surface area contributed by atoms with Gasteiger partial charge in [-0.1, -0.05) is 0 Å². The number of methoxy groups -OCH3 is 1. The second-order valence-corrected chi connectivity index (χ2v) is 3.10. The summed E-state index contributed by atoms with van der Waals surface area (Å²) in [6.45, 7) is 0.364. The zero-order valence-electron chi connectivity index (χ0n) is 8.15. The van der Waals surface area contributed by atoms with Crippen molar-refractivity contribution in [1.82, 2.24) is 0 Å². The number of fused-ring (bicyclic) bond motifs is 1. The number of carbonyl (C=O) groups is 1. The Morgan fingerprint density at radius 2 is 2.13 bits per heavy atom. The number of ether oxygens (including phenoxy) is 3. The molecule has 1 aromatic rings. The molecule has 0 fully saturated rings. The molecule has 2 rings (SSSR count). The zero-order chi connectivity index (χ0) is 10.8. The Balaban J connectivity index is 2.47. The summed E-state index contributed by atoms with van der Waals surface area (Å²) in [5, 5.41) is 8.97. The van der Waals surface area contributed by atoms with Crippen LogP contribution in [0, 0.1) is 0 Å². The third-order valence-electron chi connectivity index (χ3n) is 2.13. The standard InChI is InChI=1S/C10H10O5/c1-13-4-6-2-8-9(15-5-14-8)3-7(6)10(11)12/h2-3H,4-5H2,1H3,(H,11,12). The van der Waals surface area contributed by atoms with Crippen molar-refractivity contribution in [2.24, 2.45) is 0 Å². The average molecular weight is 210 g/mol. The van der Waals surface area contributed by atoms with Crippen LogP contribution in [-0.4, -0.2) is 25.0 Å². The Labute approximate surface area is 86.2 Å². The van der Waals surface area contributed by atoms with Crippen LogP contribution < -0.4 is 9.47 Å². The van der Waals surface area contributed by atoms with Gasteiger partial charge in [0.2, 0.25) is 6.79 Å². The second-order valence-electron chi connectivity index (χ2n) is 3.10. The largest absolute Gasteiger partial charge is 0.478 e. The SMILES string of the molecule is COCc1cc2c(cc1C(=O)O)OCO2. The monoisotopic (exact) mass is 210 g/mol. The Bertz CT molecular complexity index is 399. The molecular formula is C10H10O5. The van der Waals surface area contributed by atoms with Crippen LogP contribution in [-0.2, 0) is 11.3 Å². The van der Waals surface area contributed by atoms with E-state index < -0.39 is 5.97 Å². The normalized spacial score (nSPS) is 12.9. The quantitative estimate of drug-likeness (QED) is 0.813. The van der Waals surface area contributed by atoms with Crippen LogP contribution in [0.1, 0.15) is 15.9 Å². The minimum atomic E-state index is -1.000. The molecule has 0 aromatic heterocycles. The number of rotatable bonds is 3. The minimum Gasteiger partial charge on any atom is -0.478 e. The summed E-state index contributed by atoms with van der Waals surface area (Å²) < 4.78 is 15.2. The van der Waals surface area contributed by atoms with Gasteiger partial charge in [-0.2, -0.15) is 0 Å². The Hall–Kier alpha value is -1.75. The maximum absolute atomic E-state index is 10.9. The van der Waals surface area contributed by atoms with E-state index in [1.165, 1.54) is 13.2 Å². The van der Waals surface area contributed by atoms with Gasteiger partial charge in [-0.05, 0) is 17.7 Å². The first-order chi connectivity index (χ1) is 7.22. The molecule has 0 aliphatic carbocycles. The maximum atomic E-state index is 10.9. The molecule has 0 spiro atoms. The van der Waals surface area contributed by atoms with E-state index in [1.54, 1.807) is 6.07 Å². The van der Waals surface area contributed by atoms with Gasteiger partial charge in [0.05, 0.1) is 12.2 Å². The highest BCUT2D eigenvalue weighted by molar-refractivity contribution is 5.90. The summed E-state index contributed by atoms with van der Waals surface area (Å²) in [4.78, 5) is 10.9. The first-order valence-electron chi connectivity index (χ1n) is 4.37. The molecule has 1 heterocycles. The molecule has 1 aromatic carbocycles. The number of aromatic carboxylic acids is 1. The molecule has 0 saturated heterocycles. The lowest BCUT2D eigenvalue weighted by Gasteiger charge is -2.06. The molecule has 1 aliphatic heterocycles. The summed E-state index contributed by atoms with van der Waals surface area (Å²) in [6, 6.07) is 3.09. The highest BCUT2D eigenvalue weighted by Crippen LogP contribution is 2.35. The minimum absolute atomic E-state index is 0.130. The van der Waals surface area contributed by atoms with Gasteiger partial charge in [-0.25, -0.2) is 4.79 Å². The van der Waals surface area contributed by atoms with Crippen LogP contribution in [0.3, 0.4) is 0 Å². The van der Waals surface area contributed by atoms with Crippen LogP contribution in [0.15, 0.2) is 12.1 Å². The average Bonchev–Trinajstić information content (AvgIpc) is 2.63.